The monoisotopic (exact) mass is 651 g/mol. The van der Waals surface area contributed by atoms with E-state index in [9.17, 15) is 26.3 Å². The lowest BCUT2D eigenvalue weighted by atomic mass is 9.95. The van der Waals surface area contributed by atoms with Gasteiger partial charge in [0, 0.05) is 37.3 Å². The van der Waals surface area contributed by atoms with Crippen molar-refractivity contribution in [2.45, 2.75) is 25.4 Å². The molecule has 0 aliphatic rings. The van der Waals surface area contributed by atoms with Crippen molar-refractivity contribution in [3.63, 3.8) is 0 Å². The summed E-state index contributed by atoms with van der Waals surface area (Å²) in [5, 5.41) is 8.62. The van der Waals surface area contributed by atoms with Crippen molar-refractivity contribution in [3.05, 3.63) is 120 Å². The lowest BCUT2D eigenvalue weighted by Gasteiger charge is -2.26. The van der Waals surface area contributed by atoms with Gasteiger partial charge in [0.25, 0.3) is 0 Å². The summed E-state index contributed by atoms with van der Waals surface area (Å²) in [7, 11) is 1.83. The molecule has 6 aromatic rings. The number of aliphatic carboxylic acids is 1. The van der Waals surface area contributed by atoms with E-state index in [1.54, 1.807) is 12.1 Å². The number of rotatable bonds is 6. The minimum Gasteiger partial charge on any atom is -0.475 e. The molecule has 0 radical (unpaired) electrons. The number of halogens is 6. The molecular formula is C34H27F6N5O2. The molecule has 0 saturated carbocycles. The fourth-order valence-electron chi connectivity index (χ4n) is 5.33. The van der Waals surface area contributed by atoms with Crippen molar-refractivity contribution in [3.8, 4) is 11.1 Å². The number of carboxylic acids is 1. The molecule has 0 fully saturated rings. The quantitative estimate of drug-likeness (QED) is 0.176. The fourth-order valence-corrected chi connectivity index (χ4v) is 5.33. The standard InChI is InChI=1S/C32H26F3N5.C2HF3O2/c1-39-17-16-24-28-27(18-25(29(24)39)23-14-8-9-15-26(23)32(33,34)35)37-31(36)38-30(28)40(19-21-10-4-2-5-11-21)20-22-12-6-3-7-13-22;3-2(4,5)1(6)7/h2-18H,19-20H2,1H3,(H2,36,37,38);(H,6,7). The largest absolute Gasteiger partial charge is 0.490 e. The van der Waals surface area contributed by atoms with Crippen molar-refractivity contribution in [1.82, 2.24) is 14.5 Å². The zero-order valence-corrected chi connectivity index (χ0v) is 24.7. The number of aryl methyl sites for hydroxylation is 1. The molecule has 13 heteroatoms. The molecule has 3 N–H and O–H groups in total. The van der Waals surface area contributed by atoms with E-state index in [1.165, 1.54) is 12.1 Å². The van der Waals surface area contributed by atoms with E-state index < -0.39 is 23.9 Å². The van der Waals surface area contributed by atoms with Crippen LogP contribution in [0.25, 0.3) is 32.9 Å². The summed E-state index contributed by atoms with van der Waals surface area (Å²) >= 11 is 0. The summed E-state index contributed by atoms with van der Waals surface area (Å²) in [5.74, 6) is -2.08. The lowest BCUT2D eigenvalue weighted by molar-refractivity contribution is -0.192. The van der Waals surface area contributed by atoms with Crippen LogP contribution < -0.4 is 10.6 Å². The number of aromatic nitrogens is 3. The van der Waals surface area contributed by atoms with E-state index >= 15 is 0 Å². The second-order valence-electron chi connectivity index (χ2n) is 10.6. The molecule has 0 aliphatic carbocycles. The molecule has 6 rings (SSSR count). The SMILES string of the molecule is Cn1ccc2c3c(N(Cc4ccccc4)Cc4ccccc4)nc(N)nc3cc(-c3ccccc3C(F)(F)F)c21.O=C(O)C(F)(F)F. The highest BCUT2D eigenvalue weighted by Crippen LogP contribution is 2.43. The normalized spacial score (nSPS) is 11.7. The molecular weight excluding hydrogens is 624 g/mol. The van der Waals surface area contributed by atoms with Crippen molar-refractivity contribution in [1.29, 1.82) is 0 Å². The van der Waals surface area contributed by atoms with Crippen molar-refractivity contribution < 1.29 is 36.2 Å². The number of nitrogen functional groups attached to an aromatic ring is 1. The third-order valence-corrected chi connectivity index (χ3v) is 7.31. The van der Waals surface area contributed by atoms with Gasteiger partial charge < -0.3 is 20.3 Å². The van der Waals surface area contributed by atoms with E-state index in [-0.39, 0.29) is 11.5 Å². The highest BCUT2D eigenvalue weighted by molar-refractivity contribution is 6.16. The molecule has 0 spiro atoms. The Bertz CT molecular complexity index is 1990. The van der Waals surface area contributed by atoms with Crippen LogP contribution in [0, 0.1) is 0 Å². The first-order chi connectivity index (χ1) is 22.2. The number of nitrogens with two attached hydrogens (primary N) is 1. The van der Waals surface area contributed by atoms with Gasteiger partial charge in [-0.15, -0.1) is 0 Å². The molecule has 0 unspecified atom stereocenters. The number of hydrogen-bond donors (Lipinski definition) is 2. The average Bonchev–Trinajstić information content (AvgIpc) is 3.41. The molecule has 0 bridgehead atoms. The van der Waals surface area contributed by atoms with E-state index in [4.69, 9.17) is 20.6 Å². The van der Waals surface area contributed by atoms with Gasteiger partial charge >= 0.3 is 18.3 Å². The molecule has 47 heavy (non-hydrogen) atoms. The lowest BCUT2D eigenvalue weighted by Crippen LogP contribution is -2.24. The van der Waals surface area contributed by atoms with Crippen molar-refractivity contribution in [2.75, 3.05) is 10.6 Å². The number of benzene rings is 4. The number of anilines is 2. The van der Waals surface area contributed by atoms with Crippen LogP contribution in [-0.2, 0) is 31.1 Å². The van der Waals surface area contributed by atoms with Gasteiger partial charge in [-0.25, -0.2) is 9.78 Å². The fraction of sp³-hybridized carbons (Fsp3) is 0.147. The summed E-state index contributed by atoms with van der Waals surface area (Å²) in [4.78, 5) is 20.3. The molecule has 4 aromatic carbocycles. The van der Waals surface area contributed by atoms with Crippen LogP contribution in [0.2, 0.25) is 0 Å². The number of alkyl halides is 6. The number of nitrogens with zero attached hydrogens (tertiary/aromatic N) is 4. The van der Waals surface area contributed by atoms with Crippen LogP contribution in [-0.4, -0.2) is 31.8 Å². The predicted molar refractivity (Wildman–Crippen MR) is 167 cm³/mol. The van der Waals surface area contributed by atoms with Gasteiger partial charge in [0.2, 0.25) is 5.95 Å². The summed E-state index contributed by atoms with van der Waals surface area (Å²) in [5.41, 5.74) is 9.40. The van der Waals surface area contributed by atoms with Crippen LogP contribution in [0.4, 0.5) is 38.1 Å². The number of fused-ring (bicyclic) bond motifs is 3. The van der Waals surface area contributed by atoms with E-state index in [1.807, 2.05) is 60.3 Å². The zero-order valence-electron chi connectivity index (χ0n) is 24.7. The molecule has 0 atom stereocenters. The number of carbonyl (C=O) groups is 1. The van der Waals surface area contributed by atoms with Crippen LogP contribution in [0.1, 0.15) is 16.7 Å². The Hall–Kier alpha value is -5.59. The van der Waals surface area contributed by atoms with Crippen LogP contribution in [0.3, 0.4) is 0 Å². The van der Waals surface area contributed by atoms with Gasteiger partial charge in [0.15, 0.2) is 0 Å². The van der Waals surface area contributed by atoms with Crippen molar-refractivity contribution in [2.24, 2.45) is 7.05 Å². The van der Waals surface area contributed by atoms with Gasteiger partial charge in [-0.2, -0.15) is 31.3 Å². The second kappa shape index (κ2) is 13.0. The Kier molecular flexibility index (Phi) is 9.09. The Morgan fingerprint density at radius 3 is 1.87 bits per heavy atom. The molecule has 0 aliphatic heterocycles. The maximum atomic E-state index is 14.1. The highest BCUT2D eigenvalue weighted by atomic mass is 19.4. The van der Waals surface area contributed by atoms with Gasteiger partial charge in [0.1, 0.15) is 5.82 Å². The Balaban J connectivity index is 0.000000559. The van der Waals surface area contributed by atoms with Gasteiger partial charge in [0.05, 0.1) is 22.0 Å². The number of carboxylic acid groups (broad SMARTS) is 1. The smallest absolute Gasteiger partial charge is 0.475 e. The van der Waals surface area contributed by atoms with Gasteiger partial charge in [-0.05, 0) is 34.9 Å². The minimum atomic E-state index is -5.08. The third-order valence-electron chi connectivity index (χ3n) is 7.31. The molecule has 0 amide bonds. The summed E-state index contributed by atoms with van der Waals surface area (Å²) in [6, 6.07) is 29.3. The minimum absolute atomic E-state index is 0.0546. The van der Waals surface area contributed by atoms with Crippen LogP contribution >= 0.6 is 0 Å². The Morgan fingerprint density at radius 1 is 0.809 bits per heavy atom. The van der Waals surface area contributed by atoms with E-state index in [0.717, 1.165) is 28.0 Å². The first kappa shape index (κ1) is 32.8. The third kappa shape index (κ3) is 7.29. The first-order valence-corrected chi connectivity index (χ1v) is 14.1. The van der Waals surface area contributed by atoms with E-state index in [2.05, 4.69) is 34.1 Å². The first-order valence-electron chi connectivity index (χ1n) is 14.1. The Labute approximate surface area is 264 Å². The molecule has 2 heterocycles. The number of hydrogen-bond acceptors (Lipinski definition) is 5. The second-order valence-corrected chi connectivity index (χ2v) is 10.6. The molecule has 0 saturated heterocycles. The Morgan fingerprint density at radius 2 is 1.34 bits per heavy atom. The predicted octanol–water partition coefficient (Wildman–Crippen LogP) is 8.23. The molecule has 2 aromatic heterocycles. The maximum absolute atomic E-state index is 14.1. The summed E-state index contributed by atoms with van der Waals surface area (Å²) in [6.45, 7) is 1.10. The summed E-state index contributed by atoms with van der Waals surface area (Å²) in [6.07, 6.45) is -7.75. The topological polar surface area (TPSA) is 97.3 Å². The summed E-state index contributed by atoms with van der Waals surface area (Å²) < 4.78 is 75.8. The van der Waals surface area contributed by atoms with E-state index in [0.29, 0.717) is 35.5 Å². The van der Waals surface area contributed by atoms with Crippen LogP contribution in [0.15, 0.2) is 103 Å². The molecule has 242 valence electrons. The van der Waals surface area contributed by atoms with Crippen molar-refractivity contribution >= 4 is 39.5 Å². The maximum Gasteiger partial charge on any atom is 0.490 e. The zero-order chi connectivity index (χ0) is 33.9. The van der Waals surface area contributed by atoms with Gasteiger partial charge in [-0.1, -0.05) is 78.9 Å². The highest BCUT2D eigenvalue weighted by Gasteiger charge is 2.38. The average molecular weight is 652 g/mol. The van der Waals surface area contributed by atoms with Crippen LogP contribution in [0.5, 0.6) is 0 Å². The molecule has 7 nitrogen and oxygen atoms in total. The van der Waals surface area contributed by atoms with Gasteiger partial charge in [-0.3, -0.25) is 0 Å².